The van der Waals surface area contributed by atoms with Crippen LogP contribution in [0.3, 0.4) is 0 Å². The average molecular weight is 538 g/mol. The second-order valence-corrected chi connectivity index (χ2v) is 11.4. The average Bonchev–Trinajstić information content (AvgIpc) is 3.16. The van der Waals surface area contributed by atoms with Crippen molar-refractivity contribution in [3.8, 4) is 11.1 Å². The highest BCUT2D eigenvalue weighted by atomic mass is 14.5. The van der Waals surface area contributed by atoms with E-state index in [4.69, 9.17) is 5.73 Å². The predicted molar refractivity (Wildman–Crippen MR) is 177 cm³/mol. The van der Waals surface area contributed by atoms with Crippen molar-refractivity contribution in [3.63, 3.8) is 0 Å². The smallest absolute Gasteiger partial charge is 0.0679 e. The van der Waals surface area contributed by atoms with Gasteiger partial charge in [-0.15, -0.1) is 0 Å². The van der Waals surface area contributed by atoms with Gasteiger partial charge in [0.15, 0.2) is 0 Å². The minimum Gasteiger partial charge on any atom is -0.326 e. The van der Waals surface area contributed by atoms with E-state index in [1.165, 1.54) is 71.6 Å². The molecule has 0 aliphatic heterocycles. The molecule has 0 fully saturated rings. The van der Waals surface area contributed by atoms with E-state index in [9.17, 15) is 0 Å². The maximum absolute atomic E-state index is 6.30. The lowest BCUT2D eigenvalue weighted by Crippen LogP contribution is -2.29. The van der Waals surface area contributed by atoms with Crippen LogP contribution in [-0.2, 0) is 12.0 Å². The Kier molecular flexibility index (Phi) is 5.80. The van der Waals surface area contributed by atoms with Gasteiger partial charge in [-0.25, -0.2) is 0 Å². The summed E-state index contributed by atoms with van der Waals surface area (Å²) < 4.78 is 0. The minimum absolute atomic E-state index is 0.395. The van der Waals surface area contributed by atoms with Crippen molar-refractivity contribution in [2.45, 2.75) is 18.4 Å². The van der Waals surface area contributed by atoms with Crippen molar-refractivity contribution in [3.05, 3.63) is 185 Å². The summed E-state index contributed by atoms with van der Waals surface area (Å²) in [4.78, 5) is 0. The summed E-state index contributed by atoms with van der Waals surface area (Å²) in [5.41, 5.74) is 17.5. The standard InChI is InChI=1S/C41H31N/c42-27-32-25-30-12-4-5-13-31(30)26-37(32)29-14-10-17-34(23-21-29)41(33-15-2-1-3-16-33)38-20-9-8-19-36(38)40-35-18-7-6-11-28(35)22-24-39(40)41/h1-16,18-26H,17,27,42H2. The summed E-state index contributed by atoms with van der Waals surface area (Å²) >= 11 is 0. The van der Waals surface area contributed by atoms with Crippen LogP contribution in [-0.4, -0.2) is 0 Å². The Labute approximate surface area is 247 Å². The molecule has 1 heteroatoms. The van der Waals surface area contributed by atoms with E-state index < -0.39 is 5.41 Å². The summed E-state index contributed by atoms with van der Waals surface area (Å²) in [6, 6.07) is 46.7. The van der Waals surface area contributed by atoms with Crippen LogP contribution >= 0.6 is 0 Å². The third-order valence-corrected chi connectivity index (χ3v) is 9.22. The van der Waals surface area contributed by atoms with E-state index in [0.29, 0.717) is 6.54 Å². The highest BCUT2D eigenvalue weighted by molar-refractivity contribution is 6.04. The van der Waals surface area contributed by atoms with Gasteiger partial charge in [0, 0.05) is 6.54 Å². The SMILES string of the molecule is NCc1cc2ccccc2cc1C1=CC=C(C2(c3ccccc3)c3ccccc3-c3c2ccc2ccccc32)CC=C1. The molecule has 6 aromatic carbocycles. The van der Waals surface area contributed by atoms with Gasteiger partial charge in [-0.1, -0.05) is 140 Å². The summed E-state index contributed by atoms with van der Waals surface area (Å²) in [7, 11) is 0. The predicted octanol–water partition coefficient (Wildman–Crippen LogP) is 9.74. The Hall–Kier alpha value is -4.98. The van der Waals surface area contributed by atoms with Crippen LogP contribution in [0.4, 0.5) is 0 Å². The molecule has 0 saturated carbocycles. The van der Waals surface area contributed by atoms with Gasteiger partial charge in [0.05, 0.1) is 5.41 Å². The molecule has 0 heterocycles. The lowest BCUT2D eigenvalue weighted by Gasteiger charge is -2.35. The molecule has 2 aliphatic carbocycles. The molecule has 0 spiro atoms. The van der Waals surface area contributed by atoms with Gasteiger partial charge < -0.3 is 5.73 Å². The fourth-order valence-corrected chi connectivity index (χ4v) is 7.39. The van der Waals surface area contributed by atoms with E-state index in [1.807, 2.05) is 0 Å². The number of rotatable bonds is 4. The van der Waals surface area contributed by atoms with Crippen LogP contribution < -0.4 is 5.73 Å². The van der Waals surface area contributed by atoms with Crippen molar-refractivity contribution in [2.75, 3.05) is 0 Å². The van der Waals surface area contributed by atoms with Gasteiger partial charge in [0.2, 0.25) is 0 Å². The number of nitrogens with two attached hydrogens (primary N) is 1. The number of allylic oxidation sites excluding steroid dienone is 6. The Morgan fingerprint density at radius 1 is 0.595 bits per heavy atom. The van der Waals surface area contributed by atoms with E-state index in [-0.39, 0.29) is 0 Å². The van der Waals surface area contributed by atoms with E-state index in [2.05, 4.69) is 152 Å². The molecule has 0 amide bonds. The Bertz CT molecular complexity index is 2090. The van der Waals surface area contributed by atoms with Crippen molar-refractivity contribution in [1.29, 1.82) is 0 Å². The lowest BCUT2D eigenvalue weighted by molar-refractivity contribution is 0.727. The fraction of sp³-hybridized carbons (Fsp3) is 0.0732. The molecule has 2 aliphatic rings. The zero-order chi connectivity index (χ0) is 28.1. The van der Waals surface area contributed by atoms with Crippen LogP contribution in [0.5, 0.6) is 0 Å². The van der Waals surface area contributed by atoms with Crippen LogP contribution in [0.2, 0.25) is 0 Å². The van der Waals surface area contributed by atoms with Gasteiger partial charge in [-0.3, -0.25) is 0 Å². The van der Waals surface area contributed by atoms with Gasteiger partial charge in [0.1, 0.15) is 0 Å². The Morgan fingerprint density at radius 3 is 2.14 bits per heavy atom. The second-order valence-electron chi connectivity index (χ2n) is 11.4. The van der Waals surface area contributed by atoms with Gasteiger partial charge in [-0.05, 0) is 90.2 Å². The molecule has 1 unspecified atom stereocenters. The normalized spacial score (nSPS) is 17.5. The quantitative estimate of drug-likeness (QED) is 0.238. The van der Waals surface area contributed by atoms with Crippen LogP contribution in [0, 0.1) is 0 Å². The third kappa shape index (κ3) is 3.61. The zero-order valence-electron chi connectivity index (χ0n) is 23.4. The molecule has 0 radical (unpaired) electrons. The summed E-state index contributed by atoms with van der Waals surface area (Å²) in [5.74, 6) is 0. The highest BCUT2D eigenvalue weighted by Crippen LogP contribution is 2.58. The maximum atomic E-state index is 6.30. The zero-order valence-corrected chi connectivity index (χ0v) is 23.4. The largest absolute Gasteiger partial charge is 0.326 e. The molecule has 1 atom stereocenters. The molecule has 2 N–H and O–H groups in total. The Morgan fingerprint density at radius 2 is 1.31 bits per heavy atom. The topological polar surface area (TPSA) is 26.0 Å². The molecular formula is C41H31N. The molecule has 200 valence electrons. The molecule has 1 nitrogen and oxygen atoms in total. The maximum Gasteiger partial charge on any atom is 0.0679 e. The first-order chi connectivity index (χ1) is 20.8. The van der Waals surface area contributed by atoms with Crippen LogP contribution in [0.1, 0.15) is 34.2 Å². The molecule has 0 saturated heterocycles. The van der Waals surface area contributed by atoms with Crippen molar-refractivity contribution in [2.24, 2.45) is 5.73 Å². The third-order valence-electron chi connectivity index (χ3n) is 9.22. The summed E-state index contributed by atoms with van der Waals surface area (Å²) in [5, 5.41) is 5.05. The minimum atomic E-state index is -0.395. The highest BCUT2D eigenvalue weighted by Gasteiger charge is 2.47. The lowest BCUT2D eigenvalue weighted by atomic mass is 9.66. The Balaban J connectivity index is 1.40. The number of benzene rings is 6. The van der Waals surface area contributed by atoms with Gasteiger partial charge >= 0.3 is 0 Å². The molecule has 8 rings (SSSR count). The van der Waals surface area contributed by atoms with Gasteiger partial charge in [-0.2, -0.15) is 0 Å². The molecule has 0 bridgehead atoms. The summed E-state index contributed by atoms with van der Waals surface area (Å²) in [6.45, 7) is 0.504. The van der Waals surface area contributed by atoms with E-state index >= 15 is 0 Å². The van der Waals surface area contributed by atoms with Gasteiger partial charge in [0.25, 0.3) is 0 Å². The monoisotopic (exact) mass is 537 g/mol. The molecule has 0 aromatic heterocycles. The van der Waals surface area contributed by atoms with Crippen LogP contribution in [0.15, 0.2) is 157 Å². The first kappa shape index (κ1) is 24.8. The molecule has 42 heavy (non-hydrogen) atoms. The van der Waals surface area contributed by atoms with Crippen molar-refractivity contribution < 1.29 is 0 Å². The fourth-order valence-electron chi connectivity index (χ4n) is 7.39. The van der Waals surface area contributed by atoms with Crippen LogP contribution in [0.25, 0.3) is 38.2 Å². The molecular weight excluding hydrogens is 506 g/mol. The first-order valence-electron chi connectivity index (χ1n) is 14.8. The van der Waals surface area contributed by atoms with E-state index in [0.717, 1.165) is 6.42 Å². The van der Waals surface area contributed by atoms with E-state index in [1.54, 1.807) is 0 Å². The van der Waals surface area contributed by atoms with Crippen molar-refractivity contribution >= 4 is 27.1 Å². The number of hydrogen-bond donors (Lipinski definition) is 1. The van der Waals surface area contributed by atoms with Crippen molar-refractivity contribution in [1.82, 2.24) is 0 Å². The number of fused-ring (bicyclic) bond motifs is 6. The number of hydrogen-bond acceptors (Lipinski definition) is 1. The summed E-state index contributed by atoms with van der Waals surface area (Å²) in [6.07, 6.45) is 10.2. The molecule has 6 aromatic rings. The first-order valence-corrected chi connectivity index (χ1v) is 14.8. The second kappa shape index (κ2) is 9.83.